The van der Waals surface area contributed by atoms with Gasteiger partial charge in [-0.15, -0.1) is 0 Å². The van der Waals surface area contributed by atoms with Crippen molar-refractivity contribution in [2.45, 2.75) is 18.2 Å². The molecule has 0 aliphatic rings. The van der Waals surface area contributed by atoms with E-state index in [1.165, 1.54) is 37.2 Å². The molecule has 3 aromatic rings. The summed E-state index contributed by atoms with van der Waals surface area (Å²) in [5.41, 5.74) is 5.32. The summed E-state index contributed by atoms with van der Waals surface area (Å²) in [6.45, 7) is 0.942. The molecule has 3 rings (SSSR count). The smallest absolute Gasteiger partial charge is 0.414 e. The summed E-state index contributed by atoms with van der Waals surface area (Å²) in [4.78, 5) is 36.0. The van der Waals surface area contributed by atoms with Crippen LogP contribution in [0.3, 0.4) is 0 Å². The zero-order chi connectivity index (χ0) is 26.1. The first-order valence-corrected chi connectivity index (χ1v) is 11.9. The number of ether oxygens (including phenoxy) is 1. The number of benzene rings is 2. The molecular weight excluding hydrogens is 505 g/mol. The minimum absolute atomic E-state index is 0.00464. The third-order valence-electron chi connectivity index (χ3n) is 5.00. The molecule has 2 amide bonds. The molecule has 0 atom stereocenters. The number of amides is 2. The van der Waals surface area contributed by atoms with Crippen molar-refractivity contribution in [3.05, 3.63) is 68.3 Å². The SMILES string of the molecule is Cc1c(Cc2ccc(F)c(S(=O)(=O)NCC(N)=O)c2)c(=O)oc2cc(OC(=O)N(C)C)c(Cl)cc12. The average molecular weight is 526 g/mol. The molecule has 0 fully saturated rings. The molecule has 2 aromatic carbocycles. The van der Waals surface area contributed by atoms with Crippen LogP contribution in [0.1, 0.15) is 16.7 Å². The molecular formula is C22H21ClFN3O7S. The molecule has 1 heterocycles. The molecule has 0 saturated carbocycles. The van der Waals surface area contributed by atoms with Gasteiger partial charge in [-0.3, -0.25) is 4.79 Å². The van der Waals surface area contributed by atoms with E-state index in [1.54, 1.807) is 6.92 Å². The fourth-order valence-corrected chi connectivity index (χ4v) is 4.49. The van der Waals surface area contributed by atoms with Crippen LogP contribution in [0.15, 0.2) is 44.4 Å². The lowest BCUT2D eigenvalue weighted by atomic mass is 9.99. The summed E-state index contributed by atoms with van der Waals surface area (Å²) in [6, 6.07) is 6.12. The first kappa shape index (κ1) is 26.1. The van der Waals surface area contributed by atoms with Crippen molar-refractivity contribution in [3.63, 3.8) is 0 Å². The van der Waals surface area contributed by atoms with Gasteiger partial charge in [0.2, 0.25) is 15.9 Å². The Hall–Kier alpha value is -3.48. The third kappa shape index (κ3) is 5.78. The highest BCUT2D eigenvalue weighted by molar-refractivity contribution is 7.89. The van der Waals surface area contributed by atoms with E-state index < -0.39 is 44.9 Å². The normalized spacial score (nSPS) is 11.5. The summed E-state index contributed by atoms with van der Waals surface area (Å²) in [6.07, 6.45) is -0.758. The van der Waals surface area contributed by atoms with Crippen LogP contribution in [0.5, 0.6) is 5.75 Å². The lowest BCUT2D eigenvalue weighted by Crippen LogP contribution is -2.33. The summed E-state index contributed by atoms with van der Waals surface area (Å²) in [5.74, 6) is -1.97. The highest BCUT2D eigenvalue weighted by Gasteiger charge is 2.22. The minimum Gasteiger partial charge on any atom is -0.422 e. The molecule has 3 N–H and O–H groups in total. The fourth-order valence-electron chi connectivity index (χ4n) is 3.17. The molecule has 13 heteroatoms. The van der Waals surface area contributed by atoms with Gasteiger partial charge in [-0.25, -0.2) is 27.1 Å². The van der Waals surface area contributed by atoms with Crippen LogP contribution in [0.2, 0.25) is 5.02 Å². The van der Waals surface area contributed by atoms with Crippen LogP contribution in [-0.4, -0.2) is 46.0 Å². The van der Waals surface area contributed by atoms with E-state index >= 15 is 0 Å². The van der Waals surface area contributed by atoms with Gasteiger partial charge in [0.25, 0.3) is 0 Å². The Kier molecular flexibility index (Phi) is 7.48. The quantitative estimate of drug-likeness (QED) is 0.449. The highest BCUT2D eigenvalue weighted by atomic mass is 35.5. The summed E-state index contributed by atoms with van der Waals surface area (Å²) in [7, 11) is -1.38. The number of halogens is 2. The molecule has 0 aliphatic carbocycles. The molecule has 0 saturated heterocycles. The Balaban J connectivity index is 2.01. The number of carbonyl (C=O) groups excluding carboxylic acids is 2. The van der Waals surface area contributed by atoms with Crippen LogP contribution >= 0.6 is 11.6 Å². The van der Waals surface area contributed by atoms with E-state index in [0.717, 1.165) is 12.1 Å². The summed E-state index contributed by atoms with van der Waals surface area (Å²) in [5, 5.41) is 0.568. The Labute approximate surface area is 204 Å². The van der Waals surface area contributed by atoms with Crippen LogP contribution < -0.4 is 20.8 Å². The fraction of sp³-hybridized carbons (Fsp3) is 0.227. The minimum atomic E-state index is -4.37. The van der Waals surface area contributed by atoms with Gasteiger partial charge in [-0.1, -0.05) is 17.7 Å². The Morgan fingerprint density at radius 3 is 2.54 bits per heavy atom. The third-order valence-corrected chi connectivity index (χ3v) is 6.72. The van der Waals surface area contributed by atoms with Crippen molar-refractivity contribution >= 4 is 44.6 Å². The van der Waals surface area contributed by atoms with E-state index in [9.17, 15) is 27.2 Å². The van der Waals surface area contributed by atoms with Gasteiger partial charge in [0, 0.05) is 37.5 Å². The maximum Gasteiger partial charge on any atom is 0.414 e. The predicted octanol–water partition coefficient (Wildman–Crippen LogP) is 2.31. The van der Waals surface area contributed by atoms with Gasteiger partial charge in [-0.2, -0.15) is 0 Å². The molecule has 0 bridgehead atoms. The van der Waals surface area contributed by atoms with Crippen LogP contribution in [0.4, 0.5) is 9.18 Å². The zero-order valence-corrected chi connectivity index (χ0v) is 20.4. The second-order valence-electron chi connectivity index (χ2n) is 7.77. The molecule has 35 heavy (non-hydrogen) atoms. The standard InChI is InChI=1S/C22H21ClFN3O7S/c1-11-13-8-15(23)18(34-22(30)27(2)3)9-17(13)33-21(29)14(11)6-12-4-5-16(24)19(7-12)35(31,32)26-10-20(25)28/h4-5,7-9,26H,6,10H2,1-3H3,(H2,25,28). The number of aryl methyl sites for hydroxylation is 1. The number of nitrogens with one attached hydrogen (secondary N) is 1. The number of carbonyl (C=O) groups is 2. The van der Waals surface area contributed by atoms with Crippen molar-refractivity contribution in [2.24, 2.45) is 5.73 Å². The van der Waals surface area contributed by atoms with Crippen molar-refractivity contribution in [2.75, 3.05) is 20.6 Å². The molecule has 10 nitrogen and oxygen atoms in total. The maximum absolute atomic E-state index is 14.2. The van der Waals surface area contributed by atoms with Crippen molar-refractivity contribution in [1.29, 1.82) is 0 Å². The summed E-state index contributed by atoms with van der Waals surface area (Å²) < 4.78 is 51.5. The van der Waals surface area contributed by atoms with Crippen molar-refractivity contribution in [3.8, 4) is 5.75 Å². The number of hydrogen-bond acceptors (Lipinski definition) is 7. The van der Waals surface area contributed by atoms with Gasteiger partial charge in [0.15, 0.2) is 5.75 Å². The topological polar surface area (TPSA) is 149 Å². The Morgan fingerprint density at radius 1 is 1.23 bits per heavy atom. The number of primary amides is 1. The van der Waals surface area contributed by atoms with Crippen LogP contribution in [0.25, 0.3) is 11.0 Å². The van der Waals surface area contributed by atoms with E-state index in [-0.39, 0.29) is 28.3 Å². The molecule has 1 aromatic heterocycles. The number of nitrogens with zero attached hydrogens (tertiary/aromatic N) is 1. The average Bonchev–Trinajstić information content (AvgIpc) is 2.77. The number of fused-ring (bicyclic) bond motifs is 1. The first-order valence-electron chi connectivity index (χ1n) is 10.0. The lowest BCUT2D eigenvalue weighted by Gasteiger charge is -2.14. The summed E-state index contributed by atoms with van der Waals surface area (Å²) >= 11 is 6.25. The highest BCUT2D eigenvalue weighted by Crippen LogP contribution is 2.32. The molecule has 0 spiro atoms. The van der Waals surface area contributed by atoms with E-state index in [0.29, 0.717) is 16.5 Å². The van der Waals surface area contributed by atoms with E-state index in [2.05, 4.69) is 0 Å². The number of nitrogens with two attached hydrogens (primary N) is 1. The van der Waals surface area contributed by atoms with E-state index in [4.69, 9.17) is 26.5 Å². The predicted molar refractivity (Wildman–Crippen MR) is 126 cm³/mol. The van der Waals surface area contributed by atoms with Crippen molar-refractivity contribution < 1.29 is 31.6 Å². The van der Waals surface area contributed by atoms with Gasteiger partial charge in [-0.05, 0) is 36.2 Å². The second kappa shape index (κ2) is 10.0. The number of sulfonamides is 1. The van der Waals surface area contributed by atoms with Gasteiger partial charge < -0.3 is 19.8 Å². The Morgan fingerprint density at radius 2 is 1.91 bits per heavy atom. The van der Waals surface area contributed by atoms with Gasteiger partial charge >= 0.3 is 11.7 Å². The maximum atomic E-state index is 14.2. The Bertz CT molecular complexity index is 1500. The van der Waals surface area contributed by atoms with Gasteiger partial charge in [0.1, 0.15) is 16.3 Å². The van der Waals surface area contributed by atoms with Gasteiger partial charge in [0.05, 0.1) is 11.6 Å². The van der Waals surface area contributed by atoms with E-state index in [1.807, 2.05) is 4.72 Å². The molecule has 0 aliphatic heterocycles. The van der Waals surface area contributed by atoms with Crippen LogP contribution in [-0.2, 0) is 21.2 Å². The first-order chi connectivity index (χ1) is 16.3. The zero-order valence-electron chi connectivity index (χ0n) is 18.8. The molecule has 0 radical (unpaired) electrons. The monoisotopic (exact) mass is 525 g/mol. The lowest BCUT2D eigenvalue weighted by molar-refractivity contribution is -0.116. The second-order valence-corrected chi connectivity index (χ2v) is 9.91. The largest absolute Gasteiger partial charge is 0.422 e. The number of rotatable bonds is 7. The van der Waals surface area contributed by atoms with Crippen LogP contribution in [0, 0.1) is 12.7 Å². The molecule has 186 valence electrons. The number of hydrogen-bond donors (Lipinski definition) is 2. The molecule has 0 unspecified atom stereocenters. The van der Waals surface area contributed by atoms with Crippen molar-refractivity contribution in [1.82, 2.24) is 9.62 Å².